The smallest absolute Gasteiger partial charge is 0.0193 e. The fourth-order valence-corrected chi connectivity index (χ4v) is 3.27. The molecule has 0 heterocycles. The van der Waals surface area contributed by atoms with Gasteiger partial charge in [0.2, 0.25) is 0 Å². The first-order valence-corrected chi connectivity index (χ1v) is 5.61. The maximum Gasteiger partial charge on any atom is 0.0193 e. The Kier molecular flexibility index (Phi) is 1.61. The Morgan fingerprint density at radius 1 is 0.571 bits per heavy atom. The SMILES string of the molecule is C1=CC23C=CC=CC2(C=C1)CCCC3. The molecular formula is C14H16. The summed E-state index contributed by atoms with van der Waals surface area (Å²) < 4.78 is 0. The highest BCUT2D eigenvalue weighted by Crippen LogP contribution is 2.57. The molecule has 0 aliphatic heterocycles. The van der Waals surface area contributed by atoms with E-state index >= 15 is 0 Å². The highest BCUT2D eigenvalue weighted by Gasteiger charge is 2.47. The number of rotatable bonds is 0. The molecule has 1 saturated carbocycles. The van der Waals surface area contributed by atoms with Gasteiger partial charge in [-0.3, -0.25) is 0 Å². The van der Waals surface area contributed by atoms with Crippen molar-refractivity contribution in [3.63, 3.8) is 0 Å². The van der Waals surface area contributed by atoms with Gasteiger partial charge >= 0.3 is 0 Å². The molecule has 0 atom stereocenters. The zero-order valence-electron chi connectivity index (χ0n) is 8.45. The molecule has 72 valence electrons. The molecule has 14 heavy (non-hydrogen) atoms. The van der Waals surface area contributed by atoms with Crippen molar-refractivity contribution in [3.8, 4) is 0 Å². The van der Waals surface area contributed by atoms with E-state index in [1.807, 2.05) is 0 Å². The van der Waals surface area contributed by atoms with Crippen LogP contribution < -0.4 is 0 Å². The van der Waals surface area contributed by atoms with Gasteiger partial charge in [-0.15, -0.1) is 0 Å². The van der Waals surface area contributed by atoms with Gasteiger partial charge in [0.15, 0.2) is 0 Å². The van der Waals surface area contributed by atoms with Gasteiger partial charge in [0.05, 0.1) is 0 Å². The lowest BCUT2D eigenvalue weighted by molar-refractivity contribution is 0.167. The molecule has 0 aromatic rings. The van der Waals surface area contributed by atoms with Gasteiger partial charge in [0, 0.05) is 10.8 Å². The molecule has 0 aromatic carbocycles. The molecule has 0 spiro atoms. The second kappa shape index (κ2) is 2.73. The Hall–Kier alpha value is -1.04. The monoisotopic (exact) mass is 184 g/mol. The summed E-state index contributed by atoms with van der Waals surface area (Å²) in [5.74, 6) is 0. The number of allylic oxidation sites excluding steroid dienone is 8. The Balaban J connectivity index is 2.15. The molecule has 1 fully saturated rings. The summed E-state index contributed by atoms with van der Waals surface area (Å²) in [5, 5.41) is 0. The van der Waals surface area contributed by atoms with E-state index in [-0.39, 0.29) is 0 Å². The first-order chi connectivity index (χ1) is 6.87. The van der Waals surface area contributed by atoms with E-state index in [0.717, 1.165) is 0 Å². The molecule has 0 amide bonds. The van der Waals surface area contributed by atoms with Gasteiger partial charge in [0.25, 0.3) is 0 Å². The minimum atomic E-state index is 0.314. The van der Waals surface area contributed by atoms with Crippen molar-refractivity contribution in [3.05, 3.63) is 48.6 Å². The zero-order valence-corrected chi connectivity index (χ0v) is 8.45. The summed E-state index contributed by atoms with van der Waals surface area (Å²) in [6.45, 7) is 0. The maximum absolute atomic E-state index is 2.41. The molecule has 0 unspecified atom stereocenters. The summed E-state index contributed by atoms with van der Waals surface area (Å²) in [6, 6.07) is 0. The molecule has 0 N–H and O–H groups in total. The van der Waals surface area contributed by atoms with Crippen LogP contribution in [0.25, 0.3) is 0 Å². The first-order valence-electron chi connectivity index (χ1n) is 5.61. The van der Waals surface area contributed by atoms with Gasteiger partial charge in [-0.2, -0.15) is 0 Å². The summed E-state index contributed by atoms with van der Waals surface area (Å²) in [4.78, 5) is 0. The molecule has 3 aliphatic carbocycles. The van der Waals surface area contributed by atoms with Crippen LogP contribution in [0.3, 0.4) is 0 Å². The third-order valence-electron chi connectivity index (χ3n) is 4.09. The lowest BCUT2D eigenvalue weighted by Crippen LogP contribution is -2.41. The van der Waals surface area contributed by atoms with E-state index in [4.69, 9.17) is 0 Å². The fraction of sp³-hybridized carbons (Fsp3) is 0.429. The van der Waals surface area contributed by atoms with Crippen molar-refractivity contribution < 1.29 is 0 Å². The predicted octanol–water partition coefficient (Wildman–Crippen LogP) is 3.79. The van der Waals surface area contributed by atoms with E-state index in [1.165, 1.54) is 25.7 Å². The van der Waals surface area contributed by atoms with Crippen LogP contribution in [0.5, 0.6) is 0 Å². The molecular weight excluding hydrogens is 168 g/mol. The summed E-state index contributed by atoms with van der Waals surface area (Å²) in [6.07, 6.45) is 23.9. The second-order valence-corrected chi connectivity index (χ2v) is 4.72. The predicted molar refractivity (Wildman–Crippen MR) is 59.9 cm³/mol. The van der Waals surface area contributed by atoms with E-state index in [1.54, 1.807) is 0 Å². The largest absolute Gasteiger partial charge is 0.0734 e. The van der Waals surface area contributed by atoms with Crippen LogP contribution in [0.15, 0.2) is 48.6 Å². The summed E-state index contributed by atoms with van der Waals surface area (Å²) in [7, 11) is 0. The summed E-state index contributed by atoms with van der Waals surface area (Å²) >= 11 is 0. The van der Waals surface area contributed by atoms with Gasteiger partial charge < -0.3 is 0 Å². The Morgan fingerprint density at radius 3 is 1.29 bits per heavy atom. The van der Waals surface area contributed by atoms with Crippen molar-refractivity contribution in [2.75, 3.05) is 0 Å². The van der Waals surface area contributed by atoms with Crippen LogP contribution in [-0.2, 0) is 0 Å². The van der Waals surface area contributed by atoms with E-state index in [9.17, 15) is 0 Å². The topological polar surface area (TPSA) is 0 Å². The van der Waals surface area contributed by atoms with Crippen molar-refractivity contribution in [2.24, 2.45) is 10.8 Å². The fourth-order valence-electron chi connectivity index (χ4n) is 3.27. The molecule has 3 rings (SSSR count). The molecule has 0 heteroatoms. The van der Waals surface area contributed by atoms with Crippen LogP contribution in [0.2, 0.25) is 0 Å². The van der Waals surface area contributed by atoms with Crippen molar-refractivity contribution in [1.82, 2.24) is 0 Å². The standard InChI is InChI=1S/C14H16/c1-2-8-14-11-5-3-9-13(14,7-1)10-4-6-12-14/h1-3,5,7-9,11H,4,6,10,12H2. The highest BCUT2D eigenvalue weighted by molar-refractivity contribution is 5.40. The number of hydrogen-bond donors (Lipinski definition) is 0. The molecule has 0 bridgehead atoms. The van der Waals surface area contributed by atoms with Crippen molar-refractivity contribution >= 4 is 0 Å². The van der Waals surface area contributed by atoms with Gasteiger partial charge in [-0.25, -0.2) is 0 Å². The van der Waals surface area contributed by atoms with Crippen LogP contribution in [0.4, 0.5) is 0 Å². The van der Waals surface area contributed by atoms with E-state index < -0.39 is 0 Å². The van der Waals surface area contributed by atoms with Crippen molar-refractivity contribution in [1.29, 1.82) is 0 Å². The molecule has 0 saturated heterocycles. The molecule has 3 aliphatic rings. The minimum Gasteiger partial charge on any atom is -0.0734 e. The zero-order chi connectivity index (χ0) is 9.49. The quantitative estimate of drug-likeness (QED) is 0.537. The normalized spacial score (nSPS) is 43.4. The van der Waals surface area contributed by atoms with Gasteiger partial charge in [-0.05, 0) is 12.8 Å². The van der Waals surface area contributed by atoms with Crippen molar-refractivity contribution in [2.45, 2.75) is 25.7 Å². The molecule has 0 nitrogen and oxygen atoms in total. The molecule has 0 radical (unpaired) electrons. The second-order valence-electron chi connectivity index (χ2n) is 4.72. The maximum atomic E-state index is 2.41. The van der Waals surface area contributed by atoms with Crippen LogP contribution in [-0.4, -0.2) is 0 Å². The van der Waals surface area contributed by atoms with Crippen LogP contribution >= 0.6 is 0 Å². The van der Waals surface area contributed by atoms with Crippen LogP contribution in [0.1, 0.15) is 25.7 Å². The molecule has 0 aromatic heterocycles. The Morgan fingerprint density at radius 2 is 0.929 bits per heavy atom. The number of hydrogen-bond acceptors (Lipinski definition) is 0. The first kappa shape index (κ1) is 8.28. The minimum absolute atomic E-state index is 0.314. The van der Waals surface area contributed by atoms with E-state index in [2.05, 4.69) is 48.6 Å². The third kappa shape index (κ3) is 0.890. The van der Waals surface area contributed by atoms with E-state index in [0.29, 0.717) is 10.8 Å². The average Bonchev–Trinajstić information content (AvgIpc) is 2.27. The van der Waals surface area contributed by atoms with Gasteiger partial charge in [-0.1, -0.05) is 61.4 Å². The van der Waals surface area contributed by atoms with Crippen LogP contribution in [0, 0.1) is 10.8 Å². The third-order valence-corrected chi connectivity index (χ3v) is 4.09. The highest BCUT2D eigenvalue weighted by atomic mass is 14.5. The lowest BCUT2D eigenvalue weighted by Gasteiger charge is -2.50. The summed E-state index contributed by atoms with van der Waals surface area (Å²) in [5.41, 5.74) is 0.628. The lowest BCUT2D eigenvalue weighted by atomic mass is 9.53. The van der Waals surface area contributed by atoms with Gasteiger partial charge in [0.1, 0.15) is 0 Å². The average molecular weight is 184 g/mol. The Bertz CT molecular complexity index is 292. The Labute approximate surface area is 85.7 Å².